The van der Waals surface area contributed by atoms with Crippen LogP contribution in [0.15, 0.2) is 36.4 Å². The van der Waals surface area contributed by atoms with Crippen LogP contribution in [0.3, 0.4) is 0 Å². The van der Waals surface area contributed by atoms with Gasteiger partial charge < -0.3 is 15.5 Å². The molecule has 6 heteroatoms. The van der Waals surface area contributed by atoms with E-state index in [4.69, 9.17) is 0 Å². The SMILES string of the molecule is Cc1ccc(NC(=O)NC2CCN(c3ccc(F)c(C)c3)C2=O)cc1C. The highest BCUT2D eigenvalue weighted by molar-refractivity contribution is 6.02. The lowest BCUT2D eigenvalue weighted by molar-refractivity contribution is -0.118. The Bertz CT molecular complexity index is 866. The largest absolute Gasteiger partial charge is 0.326 e. The molecule has 26 heavy (non-hydrogen) atoms. The number of carbonyl (C=O) groups is 2. The number of hydrogen-bond donors (Lipinski definition) is 2. The number of halogens is 1. The molecule has 0 bridgehead atoms. The van der Waals surface area contributed by atoms with E-state index in [1.807, 2.05) is 32.0 Å². The van der Waals surface area contributed by atoms with Crippen molar-refractivity contribution in [1.82, 2.24) is 5.32 Å². The number of aryl methyl sites for hydroxylation is 3. The van der Waals surface area contributed by atoms with Crippen LogP contribution >= 0.6 is 0 Å². The van der Waals surface area contributed by atoms with Gasteiger partial charge in [0.15, 0.2) is 0 Å². The van der Waals surface area contributed by atoms with Crippen molar-refractivity contribution in [3.8, 4) is 0 Å². The summed E-state index contributed by atoms with van der Waals surface area (Å²) in [5.41, 5.74) is 4.04. The Balaban J connectivity index is 1.63. The average Bonchev–Trinajstić information content (AvgIpc) is 2.94. The van der Waals surface area contributed by atoms with E-state index in [1.165, 1.54) is 6.07 Å². The normalized spacial score (nSPS) is 16.7. The lowest BCUT2D eigenvalue weighted by Gasteiger charge is -2.18. The van der Waals surface area contributed by atoms with Gasteiger partial charge in [0.25, 0.3) is 0 Å². The second-order valence-corrected chi connectivity index (χ2v) is 6.66. The Morgan fingerprint density at radius 3 is 2.54 bits per heavy atom. The lowest BCUT2D eigenvalue weighted by Crippen LogP contribution is -2.43. The molecule has 0 spiro atoms. The summed E-state index contributed by atoms with van der Waals surface area (Å²) in [6, 6.07) is 9.22. The Morgan fingerprint density at radius 1 is 1.08 bits per heavy atom. The molecule has 3 amide bonds. The molecule has 5 nitrogen and oxygen atoms in total. The van der Waals surface area contributed by atoms with E-state index in [-0.39, 0.29) is 11.7 Å². The van der Waals surface area contributed by atoms with Gasteiger partial charge in [0.2, 0.25) is 5.91 Å². The highest BCUT2D eigenvalue weighted by Gasteiger charge is 2.33. The minimum absolute atomic E-state index is 0.189. The molecule has 1 aliphatic rings. The number of anilines is 2. The summed E-state index contributed by atoms with van der Waals surface area (Å²) >= 11 is 0. The van der Waals surface area contributed by atoms with Gasteiger partial charge in [-0.2, -0.15) is 0 Å². The summed E-state index contributed by atoms with van der Waals surface area (Å²) in [4.78, 5) is 26.4. The lowest BCUT2D eigenvalue weighted by atomic mass is 10.1. The molecule has 2 aromatic carbocycles. The summed E-state index contributed by atoms with van der Waals surface area (Å²) in [6.45, 7) is 6.12. The van der Waals surface area contributed by atoms with Gasteiger partial charge >= 0.3 is 6.03 Å². The molecule has 3 rings (SSSR count). The zero-order valence-electron chi connectivity index (χ0n) is 15.1. The number of urea groups is 1. The summed E-state index contributed by atoms with van der Waals surface area (Å²) in [6.07, 6.45) is 0.510. The minimum Gasteiger partial charge on any atom is -0.326 e. The van der Waals surface area contributed by atoms with Gasteiger partial charge in [-0.15, -0.1) is 0 Å². The van der Waals surface area contributed by atoms with E-state index in [0.717, 1.165) is 11.1 Å². The monoisotopic (exact) mass is 355 g/mol. The maximum absolute atomic E-state index is 13.4. The number of amides is 3. The van der Waals surface area contributed by atoms with Crippen LogP contribution in [0.5, 0.6) is 0 Å². The molecule has 1 atom stereocenters. The van der Waals surface area contributed by atoms with Crippen molar-refractivity contribution in [2.75, 3.05) is 16.8 Å². The molecule has 1 unspecified atom stereocenters. The van der Waals surface area contributed by atoms with Crippen LogP contribution in [0, 0.1) is 26.6 Å². The summed E-state index contributed by atoms with van der Waals surface area (Å²) in [7, 11) is 0. The number of benzene rings is 2. The summed E-state index contributed by atoms with van der Waals surface area (Å²) < 4.78 is 13.4. The first-order valence-corrected chi connectivity index (χ1v) is 8.57. The summed E-state index contributed by atoms with van der Waals surface area (Å²) in [5.74, 6) is -0.492. The fourth-order valence-electron chi connectivity index (χ4n) is 3.01. The van der Waals surface area contributed by atoms with E-state index in [9.17, 15) is 14.0 Å². The fourth-order valence-corrected chi connectivity index (χ4v) is 3.01. The van der Waals surface area contributed by atoms with Gasteiger partial charge in [-0.1, -0.05) is 6.07 Å². The number of rotatable bonds is 3. The third kappa shape index (κ3) is 3.69. The molecule has 0 saturated carbocycles. The van der Waals surface area contributed by atoms with E-state index in [0.29, 0.717) is 29.9 Å². The maximum Gasteiger partial charge on any atom is 0.319 e. The van der Waals surface area contributed by atoms with Crippen molar-refractivity contribution >= 4 is 23.3 Å². The second-order valence-electron chi connectivity index (χ2n) is 6.66. The maximum atomic E-state index is 13.4. The molecule has 2 N–H and O–H groups in total. The van der Waals surface area contributed by atoms with Crippen LogP contribution in [0.4, 0.5) is 20.6 Å². The van der Waals surface area contributed by atoms with Crippen molar-refractivity contribution in [3.63, 3.8) is 0 Å². The van der Waals surface area contributed by atoms with Gasteiger partial charge in [0.1, 0.15) is 11.9 Å². The highest BCUT2D eigenvalue weighted by atomic mass is 19.1. The van der Waals surface area contributed by atoms with E-state index in [1.54, 1.807) is 24.0 Å². The first-order valence-electron chi connectivity index (χ1n) is 8.57. The van der Waals surface area contributed by atoms with Gasteiger partial charge in [0, 0.05) is 17.9 Å². The van der Waals surface area contributed by atoms with Gasteiger partial charge in [-0.3, -0.25) is 4.79 Å². The zero-order chi connectivity index (χ0) is 18.8. The second kappa shape index (κ2) is 7.15. The number of nitrogens with zero attached hydrogens (tertiary/aromatic N) is 1. The van der Waals surface area contributed by atoms with Crippen LogP contribution in [-0.2, 0) is 4.79 Å². The van der Waals surface area contributed by atoms with Gasteiger partial charge in [-0.25, -0.2) is 9.18 Å². The topological polar surface area (TPSA) is 61.4 Å². The van der Waals surface area contributed by atoms with Gasteiger partial charge in [-0.05, 0) is 74.2 Å². The smallest absolute Gasteiger partial charge is 0.319 e. The van der Waals surface area contributed by atoms with Crippen LogP contribution in [0.1, 0.15) is 23.1 Å². The van der Waals surface area contributed by atoms with Crippen LogP contribution in [-0.4, -0.2) is 24.5 Å². The fraction of sp³-hybridized carbons (Fsp3) is 0.300. The van der Waals surface area contributed by atoms with E-state index in [2.05, 4.69) is 10.6 Å². The first-order chi connectivity index (χ1) is 12.3. The molecule has 1 fully saturated rings. The van der Waals surface area contributed by atoms with Crippen molar-refractivity contribution in [2.24, 2.45) is 0 Å². The predicted molar refractivity (Wildman–Crippen MR) is 100.0 cm³/mol. The molecule has 136 valence electrons. The summed E-state index contributed by atoms with van der Waals surface area (Å²) in [5, 5.41) is 5.48. The van der Waals surface area contributed by atoms with Crippen LogP contribution in [0.25, 0.3) is 0 Å². The molecule has 1 aliphatic heterocycles. The molecule has 0 aromatic heterocycles. The number of carbonyl (C=O) groups excluding carboxylic acids is 2. The van der Waals surface area contributed by atoms with Crippen molar-refractivity contribution in [1.29, 1.82) is 0 Å². The number of nitrogens with one attached hydrogen (secondary N) is 2. The van der Waals surface area contributed by atoms with Crippen molar-refractivity contribution < 1.29 is 14.0 Å². The van der Waals surface area contributed by atoms with E-state index < -0.39 is 12.1 Å². The molecular weight excluding hydrogens is 333 g/mol. The Kier molecular flexibility index (Phi) is 4.93. The molecule has 1 heterocycles. The molecule has 1 saturated heterocycles. The molecule has 0 aliphatic carbocycles. The Labute approximate surface area is 152 Å². The average molecular weight is 355 g/mol. The van der Waals surface area contributed by atoms with Gasteiger partial charge in [0.05, 0.1) is 0 Å². The Morgan fingerprint density at radius 2 is 1.85 bits per heavy atom. The third-order valence-electron chi connectivity index (χ3n) is 4.73. The molecule has 0 radical (unpaired) electrons. The Hall–Kier alpha value is -2.89. The standard InChI is InChI=1S/C20H22FN3O2/c1-12-4-5-15(10-13(12)2)22-20(26)23-18-8-9-24(19(18)25)16-6-7-17(21)14(3)11-16/h4-7,10-11,18H,8-9H2,1-3H3,(H2,22,23,26). The highest BCUT2D eigenvalue weighted by Crippen LogP contribution is 2.24. The predicted octanol–water partition coefficient (Wildman–Crippen LogP) is 3.68. The third-order valence-corrected chi connectivity index (χ3v) is 4.73. The van der Waals surface area contributed by atoms with E-state index >= 15 is 0 Å². The molecule has 2 aromatic rings. The quantitative estimate of drug-likeness (QED) is 0.882. The van der Waals surface area contributed by atoms with Crippen molar-refractivity contribution in [3.05, 3.63) is 58.9 Å². The van der Waals surface area contributed by atoms with Crippen LogP contribution < -0.4 is 15.5 Å². The number of hydrogen-bond acceptors (Lipinski definition) is 2. The van der Waals surface area contributed by atoms with Crippen molar-refractivity contribution in [2.45, 2.75) is 33.2 Å². The first kappa shape index (κ1) is 17.9. The molecular formula is C20H22FN3O2. The minimum atomic E-state index is -0.591. The zero-order valence-corrected chi connectivity index (χ0v) is 15.1. The van der Waals surface area contributed by atoms with Crippen LogP contribution in [0.2, 0.25) is 0 Å².